The van der Waals surface area contributed by atoms with Crippen molar-refractivity contribution in [1.29, 1.82) is 0 Å². The quantitative estimate of drug-likeness (QED) is 0.385. The number of likely N-dealkylation sites (tertiary alicyclic amines) is 1. The van der Waals surface area contributed by atoms with Gasteiger partial charge < -0.3 is 20.1 Å². The van der Waals surface area contributed by atoms with Gasteiger partial charge in [-0.25, -0.2) is 0 Å². The molecule has 32 heavy (non-hydrogen) atoms. The number of amides is 1. The Kier molecular flexibility index (Phi) is 5.86. The molecule has 0 unspecified atom stereocenters. The summed E-state index contributed by atoms with van der Waals surface area (Å²) in [5, 5.41) is 6.33. The Bertz CT molecular complexity index is 1070. The third-order valence-electron chi connectivity index (χ3n) is 6.21. The van der Waals surface area contributed by atoms with E-state index in [1.165, 1.54) is 19.3 Å². The summed E-state index contributed by atoms with van der Waals surface area (Å²) >= 11 is 0. The number of anilines is 2. The number of piperidine rings is 1. The molecule has 1 saturated heterocycles. The lowest BCUT2D eigenvalue weighted by Gasteiger charge is -2.26. The summed E-state index contributed by atoms with van der Waals surface area (Å²) in [4.78, 5) is 15.0. The van der Waals surface area contributed by atoms with Gasteiger partial charge in [-0.15, -0.1) is 0 Å². The van der Waals surface area contributed by atoms with E-state index in [-0.39, 0.29) is 5.91 Å². The zero-order valence-electron chi connectivity index (χ0n) is 18.3. The molecule has 6 heteroatoms. The summed E-state index contributed by atoms with van der Waals surface area (Å²) in [6, 6.07) is 13.8. The second kappa shape index (κ2) is 9.09. The number of carbonyl (C=O) groups excluding carboxylic acids is 1. The van der Waals surface area contributed by atoms with Gasteiger partial charge in [-0.1, -0.05) is 31.2 Å². The summed E-state index contributed by atoms with van der Waals surface area (Å²) in [6.07, 6.45) is 3.87. The van der Waals surface area contributed by atoms with Gasteiger partial charge in [-0.2, -0.15) is 0 Å². The average molecular weight is 432 g/mol. The van der Waals surface area contributed by atoms with Gasteiger partial charge in [-0.3, -0.25) is 9.69 Å². The van der Waals surface area contributed by atoms with Gasteiger partial charge in [0.05, 0.1) is 12.1 Å². The Labute approximate surface area is 188 Å². The van der Waals surface area contributed by atoms with Crippen molar-refractivity contribution >= 4 is 28.6 Å². The van der Waals surface area contributed by atoms with E-state index in [2.05, 4.69) is 28.2 Å². The van der Waals surface area contributed by atoms with Gasteiger partial charge >= 0.3 is 0 Å². The van der Waals surface area contributed by atoms with Crippen molar-refractivity contribution < 1.29 is 14.3 Å². The number of nitrogens with zero attached hydrogens (tertiary/aromatic N) is 1. The molecule has 3 aliphatic heterocycles. The molecule has 2 N–H and O–H groups in total. The predicted molar refractivity (Wildman–Crippen MR) is 127 cm³/mol. The fraction of sp³-hybridized carbons (Fsp3) is 0.346. The maximum absolute atomic E-state index is 12.6. The molecule has 2 aromatic rings. The number of fused-ring (bicyclic) bond motifs is 2. The molecule has 2 aromatic carbocycles. The van der Waals surface area contributed by atoms with Crippen LogP contribution in [0.25, 0.3) is 11.3 Å². The number of para-hydroxylation sites is 1. The van der Waals surface area contributed by atoms with Crippen LogP contribution in [0, 0.1) is 0 Å². The largest absolute Gasteiger partial charge is 0.495 e. The molecule has 5 rings (SSSR count). The standard InChI is InChI=1S/C26H29N3O3/c1-18(16-29-12-5-2-6-13-29)31-14-11-27-20-9-10-21-19(15-20)17-32-25(21)24-22-7-3-4-8-23(22)28-26(24)30/h3-4,7-10,15,27H,1-2,5-6,11-14,16-17H2,(H,28,30)/b25-24+. The number of hydrogen-bond donors (Lipinski definition) is 2. The van der Waals surface area contributed by atoms with Gasteiger partial charge in [0, 0.05) is 34.6 Å². The van der Waals surface area contributed by atoms with Crippen molar-refractivity contribution in [3.8, 4) is 0 Å². The molecule has 0 aliphatic carbocycles. The topological polar surface area (TPSA) is 62.8 Å². The van der Waals surface area contributed by atoms with Crippen LogP contribution in [-0.4, -0.2) is 43.6 Å². The highest BCUT2D eigenvalue weighted by Crippen LogP contribution is 2.41. The molecule has 6 nitrogen and oxygen atoms in total. The van der Waals surface area contributed by atoms with Crippen molar-refractivity contribution in [3.05, 3.63) is 71.5 Å². The first-order valence-corrected chi connectivity index (χ1v) is 11.4. The lowest BCUT2D eigenvalue weighted by atomic mass is 10.0. The Hall–Kier alpha value is -3.25. The summed E-state index contributed by atoms with van der Waals surface area (Å²) < 4.78 is 11.8. The van der Waals surface area contributed by atoms with E-state index in [9.17, 15) is 4.79 Å². The Morgan fingerprint density at radius 1 is 1.12 bits per heavy atom. The maximum Gasteiger partial charge on any atom is 0.260 e. The smallest absolute Gasteiger partial charge is 0.260 e. The lowest BCUT2D eigenvalue weighted by Crippen LogP contribution is -2.32. The Morgan fingerprint density at radius 2 is 1.97 bits per heavy atom. The third kappa shape index (κ3) is 4.23. The second-order valence-electron chi connectivity index (χ2n) is 8.52. The van der Waals surface area contributed by atoms with E-state index < -0.39 is 0 Å². The SMILES string of the molecule is C=C(CN1CCCCC1)OCCNc1ccc2c(c1)CO/C2=C1/C(=O)Nc2ccccc21. The first kappa shape index (κ1) is 20.6. The molecule has 3 heterocycles. The summed E-state index contributed by atoms with van der Waals surface area (Å²) in [5.74, 6) is 1.38. The zero-order chi connectivity index (χ0) is 21.9. The van der Waals surface area contributed by atoms with Crippen LogP contribution in [0.3, 0.4) is 0 Å². The molecule has 0 aromatic heterocycles. The number of hydrogen-bond acceptors (Lipinski definition) is 5. The highest BCUT2D eigenvalue weighted by atomic mass is 16.5. The van der Waals surface area contributed by atoms with Crippen molar-refractivity contribution in [2.75, 3.05) is 43.4 Å². The van der Waals surface area contributed by atoms with Crippen molar-refractivity contribution in [2.24, 2.45) is 0 Å². The molecular formula is C26H29N3O3. The normalized spacial score (nSPS) is 19.7. The summed E-state index contributed by atoms with van der Waals surface area (Å²) in [6.45, 7) is 8.90. The van der Waals surface area contributed by atoms with E-state index in [4.69, 9.17) is 9.47 Å². The molecule has 166 valence electrons. The predicted octanol–water partition coefficient (Wildman–Crippen LogP) is 4.47. The fourth-order valence-corrected chi connectivity index (χ4v) is 4.63. The van der Waals surface area contributed by atoms with Crippen LogP contribution in [0.2, 0.25) is 0 Å². The molecule has 1 amide bonds. The highest BCUT2D eigenvalue weighted by molar-refractivity contribution is 6.36. The first-order valence-electron chi connectivity index (χ1n) is 11.4. The van der Waals surface area contributed by atoms with Gasteiger partial charge in [-0.05, 0) is 50.2 Å². The zero-order valence-corrected chi connectivity index (χ0v) is 18.3. The minimum atomic E-state index is -0.113. The summed E-state index contributed by atoms with van der Waals surface area (Å²) in [7, 11) is 0. The van der Waals surface area contributed by atoms with Crippen molar-refractivity contribution in [1.82, 2.24) is 4.90 Å². The van der Waals surface area contributed by atoms with E-state index in [0.29, 0.717) is 31.1 Å². The molecule has 0 bridgehead atoms. The fourth-order valence-electron chi connectivity index (χ4n) is 4.63. The van der Waals surface area contributed by atoms with E-state index in [1.54, 1.807) is 0 Å². The van der Waals surface area contributed by atoms with Crippen LogP contribution in [0.15, 0.2) is 54.8 Å². The van der Waals surface area contributed by atoms with Gasteiger partial charge in [0.1, 0.15) is 24.7 Å². The van der Waals surface area contributed by atoms with Gasteiger partial charge in [0.15, 0.2) is 0 Å². The number of nitrogens with one attached hydrogen (secondary N) is 2. The highest BCUT2D eigenvalue weighted by Gasteiger charge is 2.32. The summed E-state index contributed by atoms with van der Waals surface area (Å²) in [5.41, 5.74) is 5.40. The molecule has 3 aliphatic rings. The molecule has 1 fully saturated rings. The molecule has 0 spiro atoms. The van der Waals surface area contributed by atoms with Crippen molar-refractivity contribution in [2.45, 2.75) is 25.9 Å². The van der Waals surface area contributed by atoms with Crippen LogP contribution >= 0.6 is 0 Å². The first-order chi connectivity index (χ1) is 15.7. The second-order valence-corrected chi connectivity index (χ2v) is 8.52. The molecular weight excluding hydrogens is 402 g/mol. The van der Waals surface area contributed by atoms with E-state index >= 15 is 0 Å². The third-order valence-corrected chi connectivity index (χ3v) is 6.21. The Balaban J connectivity index is 1.19. The number of rotatable bonds is 7. The number of benzene rings is 2. The minimum Gasteiger partial charge on any atom is -0.495 e. The van der Waals surface area contributed by atoms with Gasteiger partial charge in [0.25, 0.3) is 5.91 Å². The van der Waals surface area contributed by atoms with Crippen molar-refractivity contribution in [3.63, 3.8) is 0 Å². The molecule has 0 atom stereocenters. The van der Waals surface area contributed by atoms with Crippen LogP contribution in [0.5, 0.6) is 0 Å². The monoisotopic (exact) mass is 431 g/mol. The van der Waals surface area contributed by atoms with Crippen LogP contribution in [0.4, 0.5) is 11.4 Å². The van der Waals surface area contributed by atoms with Gasteiger partial charge in [0.2, 0.25) is 0 Å². The average Bonchev–Trinajstić information content (AvgIpc) is 3.36. The Morgan fingerprint density at radius 3 is 2.84 bits per heavy atom. The van der Waals surface area contributed by atoms with Crippen LogP contribution in [0.1, 0.15) is 36.0 Å². The van der Waals surface area contributed by atoms with E-state index in [0.717, 1.165) is 53.5 Å². The minimum absolute atomic E-state index is 0.113. The maximum atomic E-state index is 12.6. The number of ether oxygens (including phenoxy) is 2. The van der Waals surface area contributed by atoms with Crippen LogP contribution in [-0.2, 0) is 20.9 Å². The molecule has 0 radical (unpaired) electrons. The van der Waals surface area contributed by atoms with E-state index in [1.807, 2.05) is 36.4 Å². The number of carbonyl (C=O) groups is 1. The lowest BCUT2D eigenvalue weighted by molar-refractivity contribution is -0.110. The molecule has 0 saturated carbocycles. The van der Waals surface area contributed by atoms with Crippen LogP contribution < -0.4 is 10.6 Å².